The summed E-state index contributed by atoms with van der Waals surface area (Å²) in [4.78, 5) is 0. The molecule has 0 heterocycles. The van der Waals surface area contributed by atoms with Gasteiger partial charge in [-0.15, -0.1) is 5.46 Å². The van der Waals surface area contributed by atoms with Crippen molar-refractivity contribution in [3.05, 3.63) is 57.8 Å². The fraction of sp³-hybridized carbons (Fsp3) is 0.0769. The second-order valence-electron chi connectivity index (χ2n) is 4.25. The minimum absolute atomic E-state index is 0. The first-order valence-electron chi connectivity index (χ1n) is 5.84. The van der Waals surface area contributed by atoms with Crippen LogP contribution in [0.25, 0.3) is 0 Å². The first-order chi connectivity index (χ1) is 9.79. The van der Waals surface area contributed by atoms with Gasteiger partial charge in [0.2, 0.25) is 0 Å². The van der Waals surface area contributed by atoms with E-state index in [1.165, 1.54) is 0 Å². The summed E-state index contributed by atoms with van der Waals surface area (Å²) in [5.41, 5.74) is -0.556. The molecule has 0 unspecified atom stereocenters. The van der Waals surface area contributed by atoms with Crippen molar-refractivity contribution in [1.29, 1.82) is 0 Å². The molecule has 0 radical (unpaired) electrons. The van der Waals surface area contributed by atoms with Gasteiger partial charge in [0.25, 0.3) is 0 Å². The molecular formula is C13H8BCl2F4KO. The maximum absolute atomic E-state index is 13.5. The number of benzene rings is 2. The Labute approximate surface area is 177 Å². The Balaban J connectivity index is 0.00000242. The van der Waals surface area contributed by atoms with Gasteiger partial charge in [-0.05, 0) is 24.3 Å². The van der Waals surface area contributed by atoms with Crippen LogP contribution < -0.4 is 61.6 Å². The van der Waals surface area contributed by atoms with Crippen LogP contribution in [-0.2, 0) is 6.61 Å². The van der Waals surface area contributed by atoms with Crippen LogP contribution in [0.1, 0.15) is 5.56 Å². The average Bonchev–Trinajstić information content (AvgIpc) is 2.38. The number of rotatable bonds is 4. The van der Waals surface area contributed by atoms with E-state index in [1.54, 1.807) is 18.2 Å². The first kappa shape index (κ1) is 20.3. The molecule has 0 spiro atoms. The van der Waals surface area contributed by atoms with Crippen molar-refractivity contribution < 1.29 is 73.5 Å². The van der Waals surface area contributed by atoms with Gasteiger partial charge >= 0.3 is 58.4 Å². The third-order valence-corrected chi connectivity index (χ3v) is 3.48. The van der Waals surface area contributed by atoms with Crippen LogP contribution in [0.15, 0.2) is 36.4 Å². The van der Waals surface area contributed by atoms with Crippen LogP contribution in [0.2, 0.25) is 10.0 Å². The molecule has 9 heteroatoms. The Bertz CT molecular complexity index is 647. The second-order valence-corrected chi connectivity index (χ2v) is 5.07. The van der Waals surface area contributed by atoms with Crippen LogP contribution >= 0.6 is 23.2 Å². The van der Waals surface area contributed by atoms with E-state index < -0.39 is 24.0 Å². The maximum atomic E-state index is 13.5. The van der Waals surface area contributed by atoms with E-state index in [-0.39, 0.29) is 58.0 Å². The van der Waals surface area contributed by atoms with Crippen molar-refractivity contribution in [2.24, 2.45) is 0 Å². The fourth-order valence-electron chi connectivity index (χ4n) is 1.65. The number of halogens is 6. The average molecular weight is 377 g/mol. The molecular weight excluding hydrogens is 369 g/mol. The van der Waals surface area contributed by atoms with Crippen LogP contribution in [0.5, 0.6) is 5.75 Å². The summed E-state index contributed by atoms with van der Waals surface area (Å²) in [5.74, 6) is -1.38. The predicted molar refractivity (Wildman–Crippen MR) is 75.9 cm³/mol. The van der Waals surface area contributed by atoms with Gasteiger partial charge in [0.05, 0.1) is 0 Å². The molecule has 0 amide bonds. The van der Waals surface area contributed by atoms with E-state index in [2.05, 4.69) is 0 Å². The van der Waals surface area contributed by atoms with Crippen molar-refractivity contribution in [3.63, 3.8) is 0 Å². The van der Waals surface area contributed by atoms with Crippen molar-refractivity contribution in [3.8, 4) is 5.75 Å². The number of ether oxygens (including phenoxy) is 1. The first-order valence-corrected chi connectivity index (χ1v) is 6.59. The van der Waals surface area contributed by atoms with E-state index in [0.29, 0.717) is 33.8 Å². The van der Waals surface area contributed by atoms with E-state index in [1.807, 2.05) is 0 Å². The van der Waals surface area contributed by atoms with Gasteiger partial charge in [0, 0.05) is 15.6 Å². The van der Waals surface area contributed by atoms with E-state index >= 15 is 0 Å². The van der Waals surface area contributed by atoms with E-state index in [9.17, 15) is 17.3 Å². The molecule has 2 aromatic carbocycles. The van der Waals surface area contributed by atoms with E-state index in [0.717, 1.165) is 0 Å². The summed E-state index contributed by atoms with van der Waals surface area (Å²) in [6, 6.07) is 6.73. The molecule has 0 aromatic heterocycles. The van der Waals surface area contributed by atoms with Crippen molar-refractivity contribution in [2.75, 3.05) is 0 Å². The molecule has 0 saturated carbocycles. The molecule has 0 N–H and O–H groups in total. The molecule has 2 rings (SSSR count). The number of hydrogen-bond donors (Lipinski definition) is 0. The largest absolute Gasteiger partial charge is 1.00 e. The van der Waals surface area contributed by atoms with Crippen LogP contribution in [0.3, 0.4) is 0 Å². The zero-order chi connectivity index (χ0) is 15.6. The zero-order valence-electron chi connectivity index (χ0n) is 11.4. The quantitative estimate of drug-likeness (QED) is 0.583. The van der Waals surface area contributed by atoms with Gasteiger partial charge in [0.15, 0.2) is 11.6 Å². The van der Waals surface area contributed by atoms with Crippen LogP contribution in [0.4, 0.5) is 17.3 Å². The van der Waals surface area contributed by atoms with Gasteiger partial charge in [-0.1, -0.05) is 35.3 Å². The molecule has 1 nitrogen and oxygen atoms in total. The smallest absolute Gasteiger partial charge is 0.486 e. The third kappa shape index (κ3) is 5.12. The standard InChI is InChI=1S/C13H8BCl2F4O.K/c15-10-2-1-3-11(16)9(10)7-21-13-6-8(14(18,19)20)4-5-12(13)17;/h1-6H,7H2;/q-1;+1. The van der Waals surface area contributed by atoms with Gasteiger partial charge in [-0.3, -0.25) is 0 Å². The maximum Gasteiger partial charge on any atom is 1.00 e. The third-order valence-electron chi connectivity index (χ3n) is 2.77. The molecule has 0 aliphatic rings. The van der Waals surface area contributed by atoms with Crippen molar-refractivity contribution in [1.82, 2.24) is 0 Å². The summed E-state index contributed by atoms with van der Waals surface area (Å²) in [6.07, 6.45) is 0. The summed E-state index contributed by atoms with van der Waals surface area (Å²) < 4.78 is 56.5. The summed E-state index contributed by atoms with van der Waals surface area (Å²) in [5, 5.41) is 0.582. The minimum Gasteiger partial charge on any atom is -0.486 e. The summed E-state index contributed by atoms with van der Waals surface area (Å²) in [6.45, 7) is -5.46. The van der Waals surface area contributed by atoms with Crippen LogP contribution in [-0.4, -0.2) is 6.98 Å². The second kappa shape index (κ2) is 8.37. The van der Waals surface area contributed by atoms with Crippen molar-refractivity contribution in [2.45, 2.75) is 6.61 Å². The van der Waals surface area contributed by atoms with Gasteiger partial charge < -0.3 is 17.7 Å². The number of hydrogen-bond acceptors (Lipinski definition) is 1. The molecule has 2 aromatic rings. The Kier molecular flexibility index (Phi) is 7.72. The molecule has 0 aliphatic heterocycles. The molecule has 112 valence electrons. The fourth-order valence-corrected chi connectivity index (χ4v) is 2.16. The Morgan fingerprint density at radius 1 is 1.00 bits per heavy atom. The molecule has 0 atom stereocenters. The van der Waals surface area contributed by atoms with Crippen LogP contribution in [0, 0.1) is 5.82 Å². The van der Waals surface area contributed by atoms with Gasteiger partial charge in [-0.25, -0.2) is 4.39 Å². The van der Waals surface area contributed by atoms with Gasteiger partial charge in [-0.2, -0.15) is 0 Å². The van der Waals surface area contributed by atoms with Gasteiger partial charge in [0.1, 0.15) is 6.61 Å². The zero-order valence-corrected chi connectivity index (χ0v) is 16.1. The summed E-state index contributed by atoms with van der Waals surface area (Å²) in [7, 11) is 0. The normalized spacial score (nSPS) is 11.0. The Hall–Kier alpha value is 0.241. The van der Waals surface area contributed by atoms with Crippen molar-refractivity contribution >= 4 is 35.6 Å². The monoisotopic (exact) mass is 376 g/mol. The Morgan fingerprint density at radius 2 is 1.59 bits per heavy atom. The molecule has 22 heavy (non-hydrogen) atoms. The SMILES string of the molecule is Fc1ccc([B-](F)(F)F)cc1OCc1c(Cl)cccc1Cl.[K+]. The molecule has 0 fully saturated rings. The molecule has 0 aliphatic carbocycles. The Morgan fingerprint density at radius 3 is 2.14 bits per heavy atom. The predicted octanol–water partition coefficient (Wildman–Crippen LogP) is 1.77. The minimum atomic E-state index is -5.22. The molecule has 0 bridgehead atoms. The summed E-state index contributed by atoms with van der Waals surface area (Å²) >= 11 is 11.8. The topological polar surface area (TPSA) is 9.23 Å². The molecule has 0 saturated heterocycles. The van der Waals surface area contributed by atoms with E-state index in [4.69, 9.17) is 27.9 Å².